The molecule has 0 spiro atoms. The van der Waals surface area contributed by atoms with Crippen molar-refractivity contribution in [2.45, 2.75) is 44.6 Å². The number of rotatable bonds is 6. The molecule has 0 atom stereocenters. The molecule has 5 nitrogen and oxygen atoms in total. The first-order chi connectivity index (χ1) is 13.5. The number of anilines is 1. The predicted molar refractivity (Wildman–Crippen MR) is 109 cm³/mol. The van der Waals surface area contributed by atoms with Gasteiger partial charge in [-0.3, -0.25) is 9.69 Å². The van der Waals surface area contributed by atoms with Gasteiger partial charge in [-0.2, -0.15) is 5.26 Å². The Labute approximate surface area is 171 Å². The molecule has 1 saturated heterocycles. The highest BCUT2D eigenvalue weighted by molar-refractivity contribution is 6.30. The maximum Gasteiger partial charge on any atom is 0.234 e. The standard InChI is InChI=1S/C21H28ClFN4O/c22-17-13-18(23)15-20(14-17)27-11-9-26(10-12-27)8-6-16-1-3-19(4-2-16)25-21(28)5-7-24/h13-16,19H,1-6,8-12H2,(H,25,28)/t16-,19-. The number of carbonyl (C=O) groups is 1. The Kier molecular flexibility index (Phi) is 7.52. The lowest BCUT2D eigenvalue weighted by Crippen LogP contribution is -2.47. The normalized spacial score (nSPS) is 23.2. The largest absolute Gasteiger partial charge is 0.369 e. The molecule has 152 valence electrons. The zero-order chi connectivity index (χ0) is 19.9. The van der Waals surface area contributed by atoms with Gasteiger partial charge in [-0.25, -0.2) is 4.39 Å². The topological polar surface area (TPSA) is 59.4 Å². The monoisotopic (exact) mass is 406 g/mol. The van der Waals surface area contributed by atoms with Crippen LogP contribution in [0.15, 0.2) is 18.2 Å². The first-order valence-electron chi connectivity index (χ1n) is 10.1. The molecule has 3 rings (SSSR count). The average Bonchev–Trinajstić information content (AvgIpc) is 2.67. The van der Waals surface area contributed by atoms with Crippen LogP contribution in [0.25, 0.3) is 0 Å². The van der Waals surface area contributed by atoms with Crippen molar-refractivity contribution in [3.05, 3.63) is 29.0 Å². The van der Waals surface area contributed by atoms with E-state index in [1.165, 1.54) is 12.5 Å². The second-order valence-corrected chi connectivity index (χ2v) is 8.30. The molecule has 1 aromatic carbocycles. The van der Waals surface area contributed by atoms with Crippen LogP contribution in [0.2, 0.25) is 5.02 Å². The highest BCUT2D eigenvalue weighted by atomic mass is 35.5. The van der Waals surface area contributed by atoms with Crippen molar-refractivity contribution in [1.82, 2.24) is 10.2 Å². The highest BCUT2D eigenvalue weighted by Crippen LogP contribution is 2.28. The lowest BCUT2D eigenvalue weighted by Gasteiger charge is -2.37. The van der Waals surface area contributed by atoms with Gasteiger partial charge in [0.15, 0.2) is 0 Å². The third-order valence-corrected chi connectivity index (χ3v) is 6.11. The van der Waals surface area contributed by atoms with Gasteiger partial charge in [-0.05, 0) is 62.8 Å². The Morgan fingerprint density at radius 1 is 1.18 bits per heavy atom. The van der Waals surface area contributed by atoms with Gasteiger partial charge in [0, 0.05) is 42.9 Å². The Morgan fingerprint density at radius 2 is 1.89 bits per heavy atom. The van der Waals surface area contributed by atoms with E-state index in [4.69, 9.17) is 16.9 Å². The first-order valence-corrected chi connectivity index (χ1v) is 10.5. The van der Waals surface area contributed by atoms with Crippen molar-refractivity contribution in [2.75, 3.05) is 37.6 Å². The van der Waals surface area contributed by atoms with E-state index in [2.05, 4.69) is 15.1 Å². The van der Waals surface area contributed by atoms with Crippen LogP contribution in [0.1, 0.15) is 38.5 Å². The second kappa shape index (κ2) is 10.1. The summed E-state index contributed by atoms with van der Waals surface area (Å²) in [6, 6.07) is 6.85. The summed E-state index contributed by atoms with van der Waals surface area (Å²) in [4.78, 5) is 16.2. The summed E-state index contributed by atoms with van der Waals surface area (Å²) in [6.45, 7) is 4.82. The lowest BCUT2D eigenvalue weighted by atomic mass is 9.84. The minimum Gasteiger partial charge on any atom is -0.369 e. The number of hydrogen-bond acceptors (Lipinski definition) is 4. The predicted octanol–water partition coefficient (Wildman–Crippen LogP) is 3.58. The molecular formula is C21H28ClFN4O. The Morgan fingerprint density at radius 3 is 2.54 bits per heavy atom. The van der Waals surface area contributed by atoms with Gasteiger partial charge in [0.1, 0.15) is 12.2 Å². The van der Waals surface area contributed by atoms with Crippen molar-refractivity contribution in [3.63, 3.8) is 0 Å². The van der Waals surface area contributed by atoms with Gasteiger partial charge < -0.3 is 10.2 Å². The maximum absolute atomic E-state index is 13.6. The summed E-state index contributed by atoms with van der Waals surface area (Å²) in [5, 5.41) is 12.0. The molecule has 0 aromatic heterocycles. The van der Waals surface area contributed by atoms with E-state index in [1.807, 2.05) is 12.1 Å². The zero-order valence-electron chi connectivity index (χ0n) is 16.2. The van der Waals surface area contributed by atoms with Gasteiger partial charge in [-0.15, -0.1) is 0 Å². The smallest absolute Gasteiger partial charge is 0.234 e. The van der Waals surface area contributed by atoms with Crippen LogP contribution < -0.4 is 10.2 Å². The van der Waals surface area contributed by atoms with Crippen molar-refractivity contribution in [3.8, 4) is 6.07 Å². The number of nitrogens with one attached hydrogen (secondary N) is 1. The number of nitrogens with zero attached hydrogens (tertiary/aromatic N) is 3. The van der Waals surface area contributed by atoms with Gasteiger partial charge >= 0.3 is 0 Å². The third kappa shape index (κ3) is 6.08. The van der Waals surface area contributed by atoms with Gasteiger partial charge in [-0.1, -0.05) is 11.6 Å². The molecule has 1 saturated carbocycles. The molecule has 28 heavy (non-hydrogen) atoms. The molecule has 1 amide bonds. The van der Waals surface area contributed by atoms with E-state index >= 15 is 0 Å². The number of benzene rings is 1. The van der Waals surface area contributed by atoms with Gasteiger partial charge in [0.2, 0.25) is 5.91 Å². The third-order valence-electron chi connectivity index (χ3n) is 5.89. The fourth-order valence-corrected chi connectivity index (χ4v) is 4.48. The summed E-state index contributed by atoms with van der Waals surface area (Å²) in [5.41, 5.74) is 0.862. The minimum atomic E-state index is -0.288. The van der Waals surface area contributed by atoms with Crippen LogP contribution >= 0.6 is 11.6 Å². The van der Waals surface area contributed by atoms with E-state index in [0.29, 0.717) is 10.9 Å². The van der Waals surface area contributed by atoms with Crippen molar-refractivity contribution < 1.29 is 9.18 Å². The molecule has 1 heterocycles. The Bertz CT molecular complexity index is 687. The zero-order valence-corrected chi connectivity index (χ0v) is 16.9. The SMILES string of the molecule is N#CCC(=O)N[C@H]1CC[C@H](CCN2CCN(c3cc(F)cc(Cl)c3)CC2)CC1. The summed E-state index contributed by atoms with van der Waals surface area (Å²) in [7, 11) is 0. The molecule has 1 aliphatic carbocycles. The van der Waals surface area contributed by atoms with E-state index in [-0.39, 0.29) is 24.2 Å². The molecule has 0 unspecified atom stereocenters. The highest BCUT2D eigenvalue weighted by Gasteiger charge is 2.24. The van der Waals surface area contributed by atoms with Crippen molar-refractivity contribution >= 4 is 23.2 Å². The molecular weight excluding hydrogens is 379 g/mol. The average molecular weight is 407 g/mol. The number of piperazine rings is 1. The molecule has 0 bridgehead atoms. The Hall–Kier alpha value is -1.84. The van der Waals surface area contributed by atoms with Crippen LogP contribution in [0.5, 0.6) is 0 Å². The van der Waals surface area contributed by atoms with Crippen molar-refractivity contribution in [1.29, 1.82) is 5.26 Å². The summed E-state index contributed by atoms with van der Waals surface area (Å²) in [6.07, 6.45) is 5.43. The maximum atomic E-state index is 13.6. The minimum absolute atomic E-state index is 0.0479. The number of nitriles is 1. The number of carbonyl (C=O) groups excluding carboxylic acids is 1. The Balaban J connectivity index is 1.35. The molecule has 2 aliphatic rings. The fraction of sp³-hybridized carbons (Fsp3) is 0.619. The van der Waals surface area contributed by atoms with Crippen LogP contribution in [-0.2, 0) is 4.79 Å². The lowest BCUT2D eigenvalue weighted by molar-refractivity contribution is -0.121. The van der Waals surface area contributed by atoms with E-state index in [0.717, 1.165) is 64.1 Å². The van der Waals surface area contributed by atoms with Crippen LogP contribution in [-0.4, -0.2) is 49.6 Å². The van der Waals surface area contributed by atoms with Gasteiger partial charge in [0.05, 0.1) is 6.07 Å². The molecule has 7 heteroatoms. The number of hydrogen-bond donors (Lipinski definition) is 1. The molecule has 1 aliphatic heterocycles. The van der Waals surface area contributed by atoms with E-state index in [1.54, 1.807) is 6.07 Å². The number of amides is 1. The molecule has 1 aromatic rings. The van der Waals surface area contributed by atoms with Crippen LogP contribution in [0.4, 0.5) is 10.1 Å². The molecule has 1 N–H and O–H groups in total. The summed E-state index contributed by atoms with van der Waals surface area (Å²) < 4.78 is 13.6. The molecule has 2 fully saturated rings. The second-order valence-electron chi connectivity index (χ2n) is 7.87. The van der Waals surface area contributed by atoms with Crippen LogP contribution in [0.3, 0.4) is 0 Å². The quantitative estimate of drug-likeness (QED) is 0.784. The van der Waals surface area contributed by atoms with E-state index < -0.39 is 0 Å². The summed E-state index contributed by atoms with van der Waals surface area (Å²) >= 11 is 5.97. The van der Waals surface area contributed by atoms with Crippen molar-refractivity contribution in [2.24, 2.45) is 5.92 Å². The van der Waals surface area contributed by atoms with E-state index in [9.17, 15) is 9.18 Å². The first kappa shape index (κ1) is 20.9. The fourth-order valence-electron chi connectivity index (χ4n) is 4.26. The number of halogens is 2. The van der Waals surface area contributed by atoms with Crippen LogP contribution in [0, 0.1) is 23.1 Å². The van der Waals surface area contributed by atoms with Gasteiger partial charge in [0.25, 0.3) is 0 Å². The molecule has 0 radical (unpaired) electrons. The summed E-state index contributed by atoms with van der Waals surface area (Å²) in [5.74, 6) is 0.275.